The van der Waals surface area contributed by atoms with Crippen molar-refractivity contribution in [2.45, 2.75) is 0 Å². The molecular formula is C10H8BrFN4OS. The zero-order valence-electron chi connectivity index (χ0n) is 9.22. The minimum atomic E-state index is -0.434. The minimum absolute atomic E-state index is 0.243. The topological polar surface area (TPSA) is 59.3 Å². The number of aryl methyl sites for hydroxylation is 1. The normalized spacial score (nSPS) is 11.1. The van der Waals surface area contributed by atoms with Crippen LogP contribution in [0.4, 0.5) is 4.39 Å². The summed E-state index contributed by atoms with van der Waals surface area (Å²) in [6, 6.07) is 2.91. The van der Waals surface area contributed by atoms with Crippen molar-refractivity contribution in [3.63, 3.8) is 0 Å². The second-order valence-corrected chi connectivity index (χ2v) is 5.26. The van der Waals surface area contributed by atoms with Gasteiger partial charge in [0.1, 0.15) is 0 Å². The highest BCUT2D eigenvalue weighted by Crippen LogP contribution is 2.14. The summed E-state index contributed by atoms with van der Waals surface area (Å²) in [4.78, 5) is 12.3. The van der Waals surface area contributed by atoms with Gasteiger partial charge in [-0.05, 0) is 28.1 Å². The highest BCUT2D eigenvalue weighted by Gasteiger charge is 2.13. The summed E-state index contributed by atoms with van der Waals surface area (Å²) >= 11 is 4.16. The number of hydrogen-bond donors (Lipinski definition) is 1. The fraction of sp³-hybridized carbons (Fsp3) is 0.100. The molecule has 8 heteroatoms. The van der Waals surface area contributed by atoms with Crippen molar-refractivity contribution < 1.29 is 9.18 Å². The minimum Gasteiger partial charge on any atom is -0.274 e. The van der Waals surface area contributed by atoms with Crippen molar-refractivity contribution in [2.24, 2.45) is 12.1 Å². The molecule has 0 spiro atoms. The van der Waals surface area contributed by atoms with Crippen molar-refractivity contribution in [3.8, 4) is 0 Å². The molecule has 0 saturated carbocycles. The number of amides is 1. The van der Waals surface area contributed by atoms with Crippen LogP contribution in [0.3, 0.4) is 0 Å². The van der Waals surface area contributed by atoms with Crippen LogP contribution in [0.2, 0.25) is 0 Å². The lowest BCUT2D eigenvalue weighted by molar-refractivity contribution is 0.0948. The molecule has 0 bridgehead atoms. The first-order chi connectivity index (χ1) is 8.56. The Labute approximate surface area is 114 Å². The van der Waals surface area contributed by atoms with Gasteiger partial charge in [-0.1, -0.05) is 0 Å². The predicted octanol–water partition coefficient (Wildman–Crippen LogP) is 2.15. The largest absolute Gasteiger partial charge is 0.293 e. The SMILES string of the molecule is Cn1cc(Br)c(C(=O)N/N=C\c2ccc(F)s2)n1. The maximum Gasteiger partial charge on any atom is 0.293 e. The molecule has 0 aliphatic carbocycles. The van der Waals surface area contributed by atoms with Crippen LogP contribution in [0, 0.1) is 5.13 Å². The van der Waals surface area contributed by atoms with E-state index in [2.05, 4.69) is 31.6 Å². The molecule has 1 N–H and O–H groups in total. The smallest absolute Gasteiger partial charge is 0.274 e. The van der Waals surface area contributed by atoms with Crippen LogP contribution in [-0.4, -0.2) is 21.9 Å². The molecule has 0 atom stereocenters. The standard InChI is InChI=1S/C10H8BrFN4OS/c1-16-5-7(11)9(15-16)10(17)14-13-4-6-2-3-8(12)18-6/h2-5H,1H3,(H,14,17)/b13-4-. The summed E-state index contributed by atoms with van der Waals surface area (Å²) in [7, 11) is 1.71. The second-order valence-electron chi connectivity index (χ2n) is 3.34. The highest BCUT2D eigenvalue weighted by molar-refractivity contribution is 9.10. The zero-order chi connectivity index (χ0) is 13.1. The Morgan fingerprint density at radius 2 is 2.44 bits per heavy atom. The number of carbonyl (C=O) groups is 1. The van der Waals surface area contributed by atoms with Gasteiger partial charge in [0.05, 0.1) is 15.6 Å². The second kappa shape index (κ2) is 5.40. The molecule has 0 unspecified atom stereocenters. The van der Waals surface area contributed by atoms with E-state index in [0.29, 0.717) is 9.35 Å². The monoisotopic (exact) mass is 330 g/mol. The number of nitrogens with one attached hydrogen (secondary N) is 1. The van der Waals surface area contributed by atoms with Crippen LogP contribution in [0.1, 0.15) is 15.4 Å². The number of carbonyl (C=O) groups excluding carboxylic acids is 1. The van der Waals surface area contributed by atoms with Gasteiger partial charge in [-0.3, -0.25) is 9.48 Å². The van der Waals surface area contributed by atoms with Crippen LogP contribution in [-0.2, 0) is 7.05 Å². The third kappa shape index (κ3) is 3.02. The molecule has 0 saturated heterocycles. The van der Waals surface area contributed by atoms with Gasteiger partial charge in [0.25, 0.3) is 5.91 Å². The zero-order valence-corrected chi connectivity index (χ0v) is 11.6. The van der Waals surface area contributed by atoms with Gasteiger partial charge < -0.3 is 0 Å². The van der Waals surface area contributed by atoms with Gasteiger partial charge in [0, 0.05) is 13.2 Å². The molecule has 2 rings (SSSR count). The van der Waals surface area contributed by atoms with E-state index in [4.69, 9.17) is 0 Å². The quantitative estimate of drug-likeness (QED) is 0.692. The Balaban J connectivity index is 2.00. The number of halogens is 2. The molecule has 2 aromatic rings. The van der Waals surface area contributed by atoms with E-state index in [-0.39, 0.29) is 10.8 Å². The lowest BCUT2D eigenvalue weighted by atomic mass is 10.4. The van der Waals surface area contributed by atoms with Gasteiger partial charge in [-0.25, -0.2) is 5.43 Å². The van der Waals surface area contributed by atoms with Gasteiger partial charge in [-0.15, -0.1) is 11.3 Å². The van der Waals surface area contributed by atoms with Gasteiger partial charge in [0.2, 0.25) is 0 Å². The van der Waals surface area contributed by atoms with Gasteiger partial charge >= 0.3 is 0 Å². The number of hydrazone groups is 1. The van der Waals surface area contributed by atoms with E-state index in [1.54, 1.807) is 19.3 Å². The number of nitrogens with zero attached hydrogens (tertiary/aromatic N) is 3. The van der Waals surface area contributed by atoms with E-state index >= 15 is 0 Å². The number of rotatable bonds is 3. The average Bonchev–Trinajstić information content (AvgIpc) is 2.85. The first kappa shape index (κ1) is 12.9. The Morgan fingerprint density at radius 3 is 3.00 bits per heavy atom. The molecule has 0 radical (unpaired) electrons. The summed E-state index contributed by atoms with van der Waals surface area (Å²) in [5.41, 5.74) is 2.56. The number of hydrogen-bond acceptors (Lipinski definition) is 4. The van der Waals surface area contributed by atoms with E-state index in [1.165, 1.54) is 17.0 Å². The van der Waals surface area contributed by atoms with E-state index < -0.39 is 5.91 Å². The molecule has 0 aromatic carbocycles. The number of thiophene rings is 1. The van der Waals surface area contributed by atoms with Crippen molar-refractivity contribution in [2.75, 3.05) is 0 Å². The van der Waals surface area contributed by atoms with Crippen LogP contribution in [0.25, 0.3) is 0 Å². The maximum absolute atomic E-state index is 12.7. The summed E-state index contributed by atoms with van der Waals surface area (Å²) < 4.78 is 14.8. The predicted molar refractivity (Wildman–Crippen MR) is 70.2 cm³/mol. The molecular weight excluding hydrogens is 323 g/mol. The third-order valence-corrected chi connectivity index (χ3v) is 3.34. The van der Waals surface area contributed by atoms with Crippen molar-refractivity contribution in [3.05, 3.63) is 38.5 Å². The number of aromatic nitrogens is 2. The summed E-state index contributed by atoms with van der Waals surface area (Å²) in [6.45, 7) is 0. The van der Waals surface area contributed by atoms with Crippen LogP contribution < -0.4 is 5.43 Å². The lowest BCUT2D eigenvalue weighted by Crippen LogP contribution is -2.18. The molecule has 5 nitrogen and oxygen atoms in total. The van der Waals surface area contributed by atoms with Crippen molar-refractivity contribution >= 4 is 39.4 Å². The van der Waals surface area contributed by atoms with Crippen molar-refractivity contribution in [1.82, 2.24) is 15.2 Å². The Kier molecular flexibility index (Phi) is 3.87. The van der Waals surface area contributed by atoms with E-state index in [1.807, 2.05) is 0 Å². The molecule has 94 valence electrons. The molecule has 0 aliphatic heterocycles. The molecule has 0 fully saturated rings. The van der Waals surface area contributed by atoms with Crippen LogP contribution in [0.15, 0.2) is 27.9 Å². The highest BCUT2D eigenvalue weighted by atomic mass is 79.9. The average molecular weight is 331 g/mol. The Bertz CT molecular complexity index is 607. The van der Waals surface area contributed by atoms with Crippen LogP contribution >= 0.6 is 27.3 Å². The summed E-state index contributed by atoms with van der Waals surface area (Å²) in [5, 5.41) is 7.40. The molecule has 0 aliphatic rings. The lowest BCUT2D eigenvalue weighted by Gasteiger charge is -1.95. The summed E-state index contributed by atoms with van der Waals surface area (Å²) in [6.07, 6.45) is 3.04. The first-order valence-corrected chi connectivity index (χ1v) is 6.45. The van der Waals surface area contributed by atoms with Crippen LogP contribution in [0.5, 0.6) is 0 Å². The molecule has 1 amide bonds. The van der Waals surface area contributed by atoms with Gasteiger partial charge in [0.15, 0.2) is 10.8 Å². The Hall–Kier alpha value is -1.54. The maximum atomic E-state index is 12.7. The first-order valence-electron chi connectivity index (χ1n) is 4.84. The Morgan fingerprint density at radius 1 is 1.67 bits per heavy atom. The molecule has 2 heterocycles. The fourth-order valence-corrected chi connectivity index (χ4v) is 2.38. The fourth-order valence-electron chi connectivity index (χ4n) is 1.22. The van der Waals surface area contributed by atoms with Crippen molar-refractivity contribution in [1.29, 1.82) is 0 Å². The van der Waals surface area contributed by atoms with Gasteiger partial charge in [-0.2, -0.15) is 14.6 Å². The third-order valence-electron chi connectivity index (χ3n) is 1.95. The molecule has 18 heavy (non-hydrogen) atoms. The van der Waals surface area contributed by atoms with E-state index in [0.717, 1.165) is 11.3 Å². The summed E-state index contributed by atoms with van der Waals surface area (Å²) in [5.74, 6) is -0.434. The van der Waals surface area contributed by atoms with E-state index in [9.17, 15) is 9.18 Å². The molecule has 2 aromatic heterocycles.